The van der Waals surface area contributed by atoms with E-state index >= 15 is 0 Å². The van der Waals surface area contributed by atoms with E-state index in [1.807, 2.05) is 19.1 Å². The van der Waals surface area contributed by atoms with Crippen LogP contribution in [-0.4, -0.2) is 35.7 Å². The third-order valence-electron chi connectivity index (χ3n) is 4.43. The zero-order chi connectivity index (χ0) is 20.1. The maximum atomic E-state index is 12.8. The second kappa shape index (κ2) is 8.97. The van der Waals surface area contributed by atoms with E-state index in [1.165, 1.54) is 12.0 Å². The van der Waals surface area contributed by atoms with Gasteiger partial charge in [-0.2, -0.15) is 0 Å². The summed E-state index contributed by atoms with van der Waals surface area (Å²) in [6.07, 6.45) is 2.78. The van der Waals surface area contributed by atoms with Gasteiger partial charge in [0.15, 0.2) is 0 Å². The minimum absolute atomic E-state index is 0.179. The van der Waals surface area contributed by atoms with Gasteiger partial charge in [0.2, 0.25) is 0 Å². The molecule has 0 aliphatic heterocycles. The van der Waals surface area contributed by atoms with Crippen LogP contribution in [0.1, 0.15) is 46.6 Å². The van der Waals surface area contributed by atoms with Gasteiger partial charge in [-0.05, 0) is 44.9 Å². The lowest BCUT2D eigenvalue weighted by Crippen LogP contribution is -2.25. The number of amides is 1. The van der Waals surface area contributed by atoms with Crippen LogP contribution >= 0.6 is 11.3 Å². The van der Waals surface area contributed by atoms with Crippen molar-refractivity contribution in [1.29, 1.82) is 0 Å². The molecular formula is C20H23N3O4S. The number of aromatic nitrogens is 2. The van der Waals surface area contributed by atoms with Crippen molar-refractivity contribution in [3.05, 3.63) is 34.3 Å². The van der Waals surface area contributed by atoms with Gasteiger partial charge in [0.25, 0.3) is 11.6 Å². The molecule has 3 aromatic rings. The van der Waals surface area contributed by atoms with Crippen molar-refractivity contribution in [2.75, 3.05) is 13.7 Å². The van der Waals surface area contributed by atoms with Gasteiger partial charge >= 0.3 is 5.97 Å². The Kier molecular flexibility index (Phi) is 6.41. The lowest BCUT2D eigenvalue weighted by Gasteiger charge is -2.08. The number of fused-ring (bicyclic) bond motifs is 1. The Morgan fingerprint density at radius 1 is 1.21 bits per heavy atom. The summed E-state index contributed by atoms with van der Waals surface area (Å²) in [7, 11) is 1.39. The fraction of sp³-hybridized carbons (Fsp3) is 0.400. The predicted molar refractivity (Wildman–Crippen MR) is 107 cm³/mol. The Morgan fingerprint density at radius 2 is 2.04 bits per heavy atom. The van der Waals surface area contributed by atoms with Gasteiger partial charge in [0.1, 0.15) is 0 Å². The highest BCUT2D eigenvalue weighted by molar-refractivity contribution is 7.15. The topological polar surface area (TPSA) is 94.3 Å². The van der Waals surface area contributed by atoms with Gasteiger partial charge in [-0.3, -0.25) is 9.59 Å². The molecule has 1 N–H and O–H groups in total. The molecule has 0 radical (unpaired) electrons. The van der Waals surface area contributed by atoms with E-state index in [9.17, 15) is 9.59 Å². The molecule has 0 bridgehead atoms. The molecule has 3 heterocycles. The van der Waals surface area contributed by atoms with Crippen molar-refractivity contribution in [2.24, 2.45) is 0 Å². The van der Waals surface area contributed by atoms with Crippen molar-refractivity contribution in [2.45, 2.75) is 39.5 Å². The number of hydrogen-bond acceptors (Lipinski definition) is 7. The second-order valence-electron chi connectivity index (χ2n) is 6.56. The summed E-state index contributed by atoms with van der Waals surface area (Å²) >= 11 is 1.61. The maximum absolute atomic E-state index is 12.8. The van der Waals surface area contributed by atoms with Crippen molar-refractivity contribution in [1.82, 2.24) is 15.5 Å². The number of hydrogen-bond donors (Lipinski definition) is 1. The van der Waals surface area contributed by atoms with E-state index in [1.54, 1.807) is 24.3 Å². The molecule has 0 unspecified atom stereocenters. The summed E-state index contributed by atoms with van der Waals surface area (Å²) in [6.45, 7) is 4.35. The lowest BCUT2D eigenvalue weighted by molar-refractivity contribution is -0.140. The first kappa shape index (κ1) is 20.0. The molecule has 3 rings (SSSR count). The van der Waals surface area contributed by atoms with Crippen LogP contribution in [0.25, 0.3) is 21.7 Å². The van der Waals surface area contributed by atoms with E-state index in [0.29, 0.717) is 41.0 Å². The number of aryl methyl sites for hydroxylation is 2. The number of pyridine rings is 1. The van der Waals surface area contributed by atoms with Crippen molar-refractivity contribution >= 4 is 34.3 Å². The molecule has 7 nitrogen and oxygen atoms in total. The van der Waals surface area contributed by atoms with E-state index in [0.717, 1.165) is 24.1 Å². The highest BCUT2D eigenvalue weighted by Gasteiger charge is 2.19. The SMILES string of the molecule is COC(=O)CCCCCNC(=O)c1cc(-c2ccc(C)s2)nc2onc(C)c12. The average Bonchev–Trinajstić information content (AvgIpc) is 3.29. The van der Waals surface area contributed by atoms with Crippen LogP contribution in [0.4, 0.5) is 0 Å². The molecule has 0 saturated carbocycles. The maximum Gasteiger partial charge on any atom is 0.305 e. The first-order valence-corrected chi connectivity index (χ1v) is 10.00. The largest absolute Gasteiger partial charge is 0.469 e. The lowest BCUT2D eigenvalue weighted by atomic mass is 10.1. The number of rotatable bonds is 8. The zero-order valence-electron chi connectivity index (χ0n) is 16.2. The highest BCUT2D eigenvalue weighted by Crippen LogP contribution is 2.30. The molecule has 148 valence electrons. The summed E-state index contributed by atoms with van der Waals surface area (Å²) in [4.78, 5) is 30.6. The molecule has 0 saturated heterocycles. The Hall–Kier alpha value is -2.74. The third kappa shape index (κ3) is 4.56. The highest BCUT2D eigenvalue weighted by atomic mass is 32.1. The van der Waals surface area contributed by atoms with Crippen molar-refractivity contribution < 1.29 is 18.8 Å². The molecule has 0 aliphatic carbocycles. The molecule has 3 aromatic heterocycles. The van der Waals surface area contributed by atoms with Crippen LogP contribution in [0, 0.1) is 13.8 Å². The zero-order valence-corrected chi connectivity index (χ0v) is 17.0. The van der Waals surface area contributed by atoms with Gasteiger partial charge in [0, 0.05) is 17.8 Å². The van der Waals surface area contributed by atoms with Crippen LogP contribution < -0.4 is 5.32 Å². The number of carbonyl (C=O) groups is 2. The number of esters is 1. The molecule has 0 aromatic carbocycles. The molecule has 0 spiro atoms. The molecule has 0 atom stereocenters. The Balaban J connectivity index is 1.71. The van der Waals surface area contributed by atoms with Crippen LogP contribution in [0.3, 0.4) is 0 Å². The van der Waals surface area contributed by atoms with Crippen LogP contribution in [0.2, 0.25) is 0 Å². The molecule has 1 amide bonds. The first-order chi connectivity index (χ1) is 13.5. The summed E-state index contributed by atoms with van der Waals surface area (Å²) in [6, 6.07) is 5.80. The summed E-state index contributed by atoms with van der Waals surface area (Å²) in [5.41, 5.74) is 2.22. The number of unbranched alkanes of at least 4 members (excludes halogenated alkanes) is 2. The molecule has 8 heteroatoms. The quantitative estimate of drug-likeness (QED) is 0.452. The summed E-state index contributed by atoms with van der Waals surface area (Å²) < 4.78 is 9.94. The molecule has 28 heavy (non-hydrogen) atoms. The normalized spacial score (nSPS) is 11.0. The standard InChI is InChI=1S/C20H23N3O4S/c1-12-8-9-16(28-12)15-11-14(18-13(2)23-27-20(18)22-15)19(25)21-10-6-4-5-7-17(24)26-3/h8-9,11H,4-7,10H2,1-3H3,(H,21,25). The van der Waals surface area contributed by atoms with Crippen LogP contribution in [-0.2, 0) is 9.53 Å². The number of nitrogens with one attached hydrogen (secondary N) is 1. The van der Waals surface area contributed by atoms with Gasteiger partial charge < -0.3 is 14.6 Å². The van der Waals surface area contributed by atoms with E-state index in [2.05, 4.69) is 20.2 Å². The van der Waals surface area contributed by atoms with Crippen molar-refractivity contribution in [3.63, 3.8) is 0 Å². The monoisotopic (exact) mass is 401 g/mol. The fourth-order valence-electron chi connectivity index (χ4n) is 2.94. The van der Waals surface area contributed by atoms with Gasteiger partial charge in [-0.25, -0.2) is 4.98 Å². The van der Waals surface area contributed by atoms with Gasteiger partial charge in [-0.1, -0.05) is 11.6 Å². The van der Waals surface area contributed by atoms with Crippen molar-refractivity contribution in [3.8, 4) is 10.6 Å². The minimum Gasteiger partial charge on any atom is -0.469 e. The number of carbonyl (C=O) groups excluding carboxylic acids is 2. The van der Waals surface area contributed by atoms with E-state index < -0.39 is 0 Å². The second-order valence-corrected chi connectivity index (χ2v) is 7.84. The van der Waals surface area contributed by atoms with Crippen LogP contribution in [0.5, 0.6) is 0 Å². The number of ether oxygens (including phenoxy) is 1. The van der Waals surface area contributed by atoms with Gasteiger partial charge in [0.05, 0.1) is 34.3 Å². The predicted octanol–water partition coefficient (Wildman–Crippen LogP) is 4.03. The number of nitrogens with zero attached hydrogens (tertiary/aromatic N) is 2. The third-order valence-corrected chi connectivity index (χ3v) is 5.45. The summed E-state index contributed by atoms with van der Waals surface area (Å²) in [5, 5.41) is 7.55. The Labute approximate surface area is 167 Å². The van der Waals surface area contributed by atoms with Crippen LogP contribution in [0.15, 0.2) is 22.7 Å². The van der Waals surface area contributed by atoms with Gasteiger partial charge in [-0.15, -0.1) is 11.3 Å². The average molecular weight is 401 g/mol. The first-order valence-electron chi connectivity index (χ1n) is 9.18. The minimum atomic E-state index is -0.206. The Morgan fingerprint density at radius 3 is 2.75 bits per heavy atom. The number of methoxy groups -OCH3 is 1. The Bertz CT molecular complexity index is 993. The smallest absolute Gasteiger partial charge is 0.305 e. The molecule has 0 aliphatic rings. The van der Waals surface area contributed by atoms with E-state index in [-0.39, 0.29) is 11.9 Å². The molecular weight excluding hydrogens is 378 g/mol. The fourth-order valence-corrected chi connectivity index (χ4v) is 3.77. The summed E-state index contributed by atoms with van der Waals surface area (Å²) in [5.74, 6) is -0.385. The van der Waals surface area contributed by atoms with E-state index in [4.69, 9.17) is 4.52 Å². The number of thiophene rings is 1. The molecule has 0 fully saturated rings.